The molecule has 1 aliphatic carbocycles. The fourth-order valence-corrected chi connectivity index (χ4v) is 3.40. The largest absolute Gasteiger partial charge is 0.381 e. The highest BCUT2D eigenvalue weighted by Crippen LogP contribution is 2.26. The Morgan fingerprint density at radius 2 is 1.89 bits per heavy atom. The smallest absolute Gasteiger partial charge is 0.254 e. The Bertz CT molecular complexity index is 973. The number of anilines is 2. The summed E-state index contributed by atoms with van der Waals surface area (Å²) in [5.74, 6) is 0.490. The lowest BCUT2D eigenvalue weighted by atomic mass is 10.1. The minimum absolute atomic E-state index is 0.0711. The van der Waals surface area contributed by atoms with Crippen molar-refractivity contribution in [2.45, 2.75) is 44.2 Å². The third kappa shape index (κ3) is 3.42. The second kappa shape index (κ2) is 6.86. The molecular weight excluding hydrogens is 362 g/mol. The van der Waals surface area contributed by atoms with E-state index in [1.165, 1.54) is 0 Å². The molecule has 10 heteroatoms. The van der Waals surface area contributed by atoms with E-state index in [-0.39, 0.29) is 24.3 Å². The third-order valence-electron chi connectivity index (χ3n) is 5.09. The summed E-state index contributed by atoms with van der Waals surface area (Å²) < 4.78 is 7.06. The normalized spacial score (nSPS) is 22.1. The predicted molar refractivity (Wildman–Crippen MR) is 101 cm³/mol. The number of hydrogen-bond donors (Lipinski definition) is 3. The molecule has 3 fully saturated rings. The Hall–Kier alpha value is -3.01. The first-order valence-electron chi connectivity index (χ1n) is 9.57. The van der Waals surface area contributed by atoms with Gasteiger partial charge in [0.1, 0.15) is 0 Å². The molecule has 0 radical (unpaired) electrons. The van der Waals surface area contributed by atoms with E-state index in [4.69, 9.17) is 4.74 Å². The number of ether oxygens (including phenoxy) is 1. The van der Waals surface area contributed by atoms with E-state index < -0.39 is 0 Å². The number of hydrogen-bond acceptors (Lipinski definition) is 8. The summed E-state index contributed by atoms with van der Waals surface area (Å²) in [6.45, 7) is 1.44. The number of nitrogens with zero attached hydrogens (tertiary/aromatic N) is 4. The summed E-state index contributed by atoms with van der Waals surface area (Å²) in [5.41, 5.74) is 1.68. The van der Waals surface area contributed by atoms with Crippen LogP contribution in [-0.2, 0) is 14.3 Å². The molecule has 1 saturated carbocycles. The second-order valence-electron chi connectivity index (χ2n) is 7.38. The summed E-state index contributed by atoms with van der Waals surface area (Å²) in [4.78, 5) is 32.6. The van der Waals surface area contributed by atoms with Gasteiger partial charge in [-0.3, -0.25) is 14.9 Å². The zero-order valence-corrected chi connectivity index (χ0v) is 15.3. The molecule has 146 valence electrons. The van der Waals surface area contributed by atoms with Crippen molar-refractivity contribution in [1.82, 2.24) is 24.9 Å². The van der Waals surface area contributed by atoms with E-state index in [0.29, 0.717) is 34.7 Å². The molecule has 4 heterocycles. The SMILES string of the molecule is O=C1C/C(=C\c2cnn3c(NC4CC4)nc(NC4CCOCC4)nc23)C(=O)N1. The van der Waals surface area contributed by atoms with Crippen molar-refractivity contribution in [2.75, 3.05) is 23.8 Å². The van der Waals surface area contributed by atoms with Crippen LogP contribution in [0.4, 0.5) is 11.9 Å². The molecule has 0 spiro atoms. The Labute approximate surface area is 160 Å². The quantitative estimate of drug-likeness (QED) is 0.510. The van der Waals surface area contributed by atoms with E-state index in [0.717, 1.165) is 38.9 Å². The van der Waals surface area contributed by atoms with Gasteiger partial charge in [0.05, 0.1) is 12.6 Å². The number of fused-ring (bicyclic) bond motifs is 1. The molecule has 5 rings (SSSR count). The summed E-state index contributed by atoms with van der Waals surface area (Å²) in [5, 5.41) is 13.5. The van der Waals surface area contributed by atoms with Gasteiger partial charge in [0, 0.05) is 36.4 Å². The molecular formula is C18H21N7O3. The number of aromatic nitrogens is 4. The zero-order valence-electron chi connectivity index (χ0n) is 15.3. The van der Waals surface area contributed by atoms with Crippen molar-refractivity contribution in [1.29, 1.82) is 0 Å². The Balaban J connectivity index is 1.52. The summed E-state index contributed by atoms with van der Waals surface area (Å²) in [6.07, 6.45) is 7.40. The predicted octanol–water partition coefficient (Wildman–Crippen LogP) is 0.719. The van der Waals surface area contributed by atoms with Crippen molar-refractivity contribution >= 4 is 35.4 Å². The molecule has 2 aromatic heterocycles. The Morgan fingerprint density at radius 3 is 2.61 bits per heavy atom. The molecule has 10 nitrogen and oxygen atoms in total. The molecule has 2 aromatic rings. The van der Waals surface area contributed by atoms with Crippen LogP contribution >= 0.6 is 0 Å². The van der Waals surface area contributed by atoms with Crippen LogP contribution in [0.15, 0.2) is 11.8 Å². The van der Waals surface area contributed by atoms with Crippen molar-refractivity contribution in [3.8, 4) is 0 Å². The maximum atomic E-state index is 11.9. The van der Waals surface area contributed by atoms with Crippen LogP contribution in [0.1, 0.15) is 37.7 Å². The van der Waals surface area contributed by atoms with Crippen molar-refractivity contribution in [3.63, 3.8) is 0 Å². The molecule has 0 bridgehead atoms. The Kier molecular flexibility index (Phi) is 4.19. The van der Waals surface area contributed by atoms with Crippen molar-refractivity contribution in [3.05, 3.63) is 17.3 Å². The van der Waals surface area contributed by atoms with Crippen molar-refractivity contribution in [2.24, 2.45) is 0 Å². The number of carbonyl (C=O) groups excluding carboxylic acids is 2. The molecule has 28 heavy (non-hydrogen) atoms. The van der Waals surface area contributed by atoms with E-state index in [1.807, 2.05) is 0 Å². The molecule has 2 amide bonds. The highest BCUT2D eigenvalue weighted by molar-refractivity contribution is 6.15. The fourth-order valence-electron chi connectivity index (χ4n) is 3.40. The van der Waals surface area contributed by atoms with E-state index in [9.17, 15) is 9.59 Å². The number of amides is 2. The van der Waals surface area contributed by atoms with Gasteiger partial charge in [-0.15, -0.1) is 0 Å². The molecule has 0 atom stereocenters. The average Bonchev–Trinajstić information content (AvgIpc) is 3.32. The van der Waals surface area contributed by atoms with Gasteiger partial charge in [0.25, 0.3) is 5.91 Å². The van der Waals surface area contributed by atoms with Gasteiger partial charge in [0.15, 0.2) is 5.65 Å². The number of nitrogens with one attached hydrogen (secondary N) is 3. The third-order valence-corrected chi connectivity index (χ3v) is 5.09. The van der Waals surface area contributed by atoms with Gasteiger partial charge < -0.3 is 15.4 Å². The van der Waals surface area contributed by atoms with Gasteiger partial charge >= 0.3 is 0 Å². The molecule has 2 saturated heterocycles. The maximum absolute atomic E-state index is 11.9. The first-order chi connectivity index (χ1) is 13.7. The number of rotatable bonds is 5. The van der Waals surface area contributed by atoms with Crippen LogP contribution in [0.2, 0.25) is 0 Å². The lowest BCUT2D eigenvalue weighted by Gasteiger charge is -2.23. The Morgan fingerprint density at radius 1 is 1.11 bits per heavy atom. The molecule has 3 aliphatic rings. The molecule has 2 aliphatic heterocycles. The monoisotopic (exact) mass is 383 g/mol. The minimum Gasteiger partial charge on any atom is -0.381 e. The first-order valence-corrected chi connectivity index (χ1v) is 9.57. The zero-order chi connectivity index (χ0) is 19.1. The van der Waals surface area contributed by atoms with Crippen LogP contribution in [0.25, 0.3) is 11.7 Å². The maximum Gasteiger partial charge on any atom is 0.254 e. The lowest BCUT2D eigenvalue weighted by Crippen LogP contribution is -2.29. The summed E-state index contributed by atoms with van der Waals surface area (Å²) in [6, 6.07) is 0.659. The van der Waals surface area contributed by atoms with Gasteiger partial charge in [-0.2, -0.15) is 19.6 Å². The topological polar surface area (TPSA) is 123 Å². The van der Waals surface area contributed by atoms with Crippen LogP contribution in [0, 0.1) is 0 Å². The number of imide groups is 1. The van der Waals surface area contributed by atoms with Crippen LogP contribution in [-0.4, -0.2) is 56.7 Å². The summed E-state index contributed by atoms with van der Waals surface area (Å²) >= 11 is 0. The van der Waals surface area contributed by atoms with Crippen LogP contribution in [0.5, 0.6) is 0 Å². The van der Waals surface area contributed by atoms with Gasteiger partial charge in [-0.1, -0.05) is 0 Å². The van der Waals surface area contributed by atoms with Gasteiger partial charge in [0.2, 0.25) is 17.8 Å². The molecule has 0 unspecified atom stereocenters. The molecule has 0 aromatic carbocycles. The van der Waals surface area contributed by atoms with E-state index >= 15 is 0 Å². The first kappa shape index (κ1) is 17.1. The van der Waals surface area contributed by atoms with Crippen molar-refractivity contribution < 1.29 is 14.3 Å². The van der Waals surface area contributed by atoms with Crippen LogP contribution < -0.4 is 16.0 Å². The highest BCUT2D eigenvalue weighted by Gasteiger charge is 2.26. The van der Waals surface area contributed by atoms with E-state index in [1.54, 1.807) is 16.8 Å². The van der Waals surface area contributed by atoms with Gasteiger partial charge in [-0.05, 0) is 31.8 Å². The standard InChI is InChI=1S/C18H21N7O3/c26-14-8-10(16(27)22-14)7-11-9-19-25-15(11)23-17(20-13-3-5-28-6-4-13)24-18(25)21-12-1-2-12/h7,9,12-13H,1-6,8H2,(H,22,26,27)(H2,20,21,23,24)/b10-7+. The highest BCUT2D eigenvalue weighted by atomic mass is 16.5. The summed E-state index contributed by atoms with van der Waals surface area (Å²) in [7, 11) is 0. The number of carbonyl (C=O) groups is 2. The van der Waals surface area contributed by atoms with Gasteiger partial charge in [-0.25, -0.2) is 0 Å². The van der Waals surface area contributed by atoms with E-state index in [2.05, 4.69) is 31.0 Å². The average molecular weight is 383 g/mol. The minimum atomic E-state index is -0.365. The lowest BCUT2D eigenvalue weighted by molar-refractivity contribution is -0.124. The molecule has 3 N–H and O–H groups in total. The fraction of sp³-hybridized carbons (Fsp3) is 0.500. The van der Waals surface area contributed by atoms with Crippen LogP contribution in [0.3, 0.4) is 0 Å². The second-order valence-corrected chi connectivity index (χ2v) is 7.38.